The first-order valence-electron chi connectivity index (χ1n) is 4.26. The minimum Gasteiger partial charge on any atom is -0.354 e. The third-order valence-corrected chi connectivity index (χ3v) is 1.57. The summed E-state index contributed by atoms with van der Waals surface area (Å²) >= 11 is 0. The van der Waals surface area contributed by atoms with E-state index in [-0.39, 0.29) is 6.61 Å². The van der Waals surface area contributed by atoms with E-state index in [9.17, 15) is 13.2 Å². The molecule has 0 heterocycles. The van der Waals surface area contributed by atoms with Crippen LogP contribution in [0.15, 0.2) is 0 Å². The number of rotatable bonds is 5. The maximum Gasteiger partial charge on any atom is 0.473 e. The smallest absolute Gasteiger partial charge is 0.354 e. The Bertz CT molecular complexity index is 205. The third kappa shape index (κ3) is 3.94. The van der Waals surface area contributed by atoms with Crippen LogP contribution in [0.4, 0.5) is 13.2 Å². The van der Waals surface area contributed by atoms with E-state index in [2.05, 4.69) is 14.2 Å². The maximum absolute atomic E-state index is 12.4. The lowest BCUT2D eigenvalue weighted by atomic mass is 10.3. The van der Waals surface area contributed by atoms with Crippen LogP contribution < -0.4 is 0 Å². The molecule has 7 heteroatoms. The van der Waals surface area contributed by atoms with Crippen molar-refractivity contribution in [1.82, 2.24) is 0 Å². The van der Waals surface area contributed by atoms with Crippen molar-refractivity contribution in [2.45, 2.75) is 38.7 Å². The van der Waals surface area contributed by atoms with E-state index in [4.69, 9.17) is 5.11 Å². The Kier molecular flexibility index (Phi) is 4.53. The lowest BCUT2D eigenvalue weighted by molar-refractivity contribution is -0.506. The predicted molar refractivity (Wildman–Crippen MR) is 44.8 cm³/mol. The highest BCUT2D eigenvalue weighted by atomic mass is 19.4. The van der Waals surface area contributed by atoms with Crippen molar-refractivity contribution in [3.63, 3.8) is 0 Å². The molecular formula is C8H15F3O4. The molecule has 0 aliphatic heterocycles. The van der Waals surface area contributed by atoms with E-state index < -0.39 is 17.9 Å². The van der Waals surface area contributed by atoms with E-state index in [1.165, 1.54) is 20.8 Å². The molecule has 1 atom stereocenters. The Morgan fingerprint density at radius 2 is 1.67 bits per heavy atom. The van der Waals surface area contributed by atoms with Crippen molar-refractivity contribution < 1.29 is 32.5 Å². The fourth-order valence-electron chi connectivity index (χ4n) is 0.740. The van der Waals surface area contributed by atoms with Gasteiger partial charge in [0.15, 0.2) is 5.79 Å². The zero-order chi connectivity index (χ0) is 12.3. The van der Waals surface area contributed by atoms with Gasteiger partial charge in [-0.1, -0.05) is 0 Å². The van der Waals surface area contributed by atoms with Gasteiger partial charge in [0.2, 0.25) is 0 Å². The first kappa shape index (κ1) is 14.6. The van der Waals surface area contributed by atoms with Crippen LogP contribution in [0, 0.1) is 0 Å². The van der Waals surface area contributed by atoms with E-state index in [1.54, 1.807) is 0 Å². The van der Waals surface area contributed by atoms with Crippen LogP contribution in [0.3, 0.4) is 0 Å². The number of hydrogen-bond donors (Lipinski definition) is 1. The van der Waals surface area contributed by atoms with Crippen molar-refractivity contribution in [3.8, 4) is 0 Å². The molecule has 0 radical (unpaired) electrons. The van der Waals surface area contributed by atoms with Gasteiger partial charge in [0.05, 0.1) is 0 Å². The molecule has 0 aromatic heterocycles. The Morgan fingerprint density at radius 3 is 1.93 bits per heavy atom. The van der Waals surface area contributed by atoms with Crippen LogP contribution in [0.2, 0.25) is 0 Å². The summed E-state index contributed by atoms with van der Waals surface area (Å²) in [6.07, 6.45) is -5.06. The molecule has 0 aromatic rings. The molecule has 0 rings (SSSR count). The number of halogens is 3. The van der Waals surface area contributed by atoms with Crippen LogP contribution in [-0.4, -0.2) is 36.8 Å². The highest BCUT2D eigenvalue weighted by molar-refractivity contribution is 4.69. The molecule has 1 N–H and O–H groups in total. The first-order valence-corrected chi connectivity index (χ1v) is 4.26. The summed E-state index contributed by atoms with van der Waals surface area (Å²) < 4.78 is 50.3. The predicted octanol–water partition coefficient (Wildman–Crippen LogP) is 1.63. The quantitative estimate of drug-likeness (QED) is 0.732. The van der Waals surface area contributed by atoms with E-state index in [1.807, 2.05) is 0 Å². The van der Waals surface area contributed by atoms with Gasteiger partial charge in [-0.15, -0.1) is 0 Å². The van der Waals surface area contributed by atoms with Crippen LogP contribution in [0.25, 0.3) is 0 Å². The van der Waals surface area contributed by atoms with Gasteiger partial charge in [0.25, 0.3) is 0 Å². The third-order valence-electron chi connectivity index (χ3n) is 1.57. The zero-order valence-electron chi connectivity index (χ0n) is 9.01. The Labute approximate surface area is 85.9 Å². The highest BCUT2D eigenvalue weighted by Crippen LogP contribution is 2.35. The summed E-state index contributed by atoms with van der Waals surface area (Å²) in [5.74, 6) is -5.26. The van der Waals surface area contributed by atoms with Gasteiger partial charge >= 0.3 is 12.1 Å². The lowest BCUT2D eigenvalue weighted by Crippen LogP contribution is -2.54. The van der Waals surface area contributed by atoms with Crippen molar-refractivity contribution >= 4 is 0 Å². The zero-order valence-corrected chi connectivity index (χ0v) is 9.01. The molecule has 15 heavy (non-hydrogen) atoms. The standard InChI is InChI=1S/C8H15F3O4/c1-5-14-8(12,7(9,10)11)15-6(2,3)13-4/h12H,5H2,1-4H3. The van der Waals surface area contributed by atoms with Crippen LogP contribution >= 0.6 is 0 Å². The molecule has 0 saturated carbocycles. The first-order chi connectivity index (χ1) is 6.58. The van der Waals surface area contributed by atoms with E-state index >= 15 is 0 Å². The minimum atomic E-state index is -5.06. The topological polar surface area (TPSA) is 47.9 Å². The number of alkyl halides is 3. The molecule has 0 bridgehead atoms. The van der Waals surface area contributed by atoms with Gasteiger partial charge in [0.1, 0.15) is 0 Å². The summed E-state index contributed by atoms with van der Waals surface area (Å²) in [6.45, 7) is 3.40. The number of ether oxygens (including phenoxy) is 3. The van der Waals surface area contributed by atoms with Crippen molar-refractivity contribution in [3.05, 3.63) is 0 Å². The molecular weight excluding hydrogens is 217 g/mol. The lowest BCUT2D eigenvalue weighted by Gasteiger charge is -2.35. The number of aliphatic hydroxyl groups is 1. The Morgan fingerprint density at radius 1 is 1.20 bits per heavy atom. The summed E-state index contributed by atoms with van der Waals surface area (Å²) in [7, 11) is 1.16. The number of hydrogen-bond acceptors (Lipinski definition) is 4. The Balaban J connectivity index is 4.82. The molecule has 0 saturated heterocycles. The molecule has 92 valence electrons. The van der Waals surface area contributed by atoms with E-state index in [0.717, 1.165) is 7.11 Å². The fourth-order valence-corrected chi connectivity index (χ4v) is 0.740. The number of methoxy groups -OCH3 is 1. The van der Waals surface area contributed by atoms with Crippen LogP contribution in [-0.2, 0) is 14.2 Å². The van der Waals surface area contributed by atoms with Crippen LogP contribution in [0.1, 0.15) is 20.8 Å². The molecule has 1 unspecified atom stereocenters. The molecule has 0 aliphatic rings. The molecule has 0 aromatic carbocycles. The van der Waals surface area contributed by atoms with Gasteiger partial charge in [-0.2, -0.15) is 13.2 Å². The van der Waals surface area contributed by atoms with Crippen molar-refractivity contribution in [2.24, 2.45) is 0 Å². The summed E-state index contributed by atoms with van der Waals surface area (Å²) in [6, 6.07) is 0. The van der Waals surface area contributed by atoms with Crippen molar-refractivity contribution in [2.75, 3.05) is 13.7 Å². The molecule has 0 aliphatic carbocycles. The average Bonchev–Trinajstić information content (AvgIpc) is 2.01. The largest absolute Gasteiger partial charge is 0.473 e. The summed E-state index contributed by atoms with van der Waals surface area (Å²) in [5, 5.41) is 9.17. The van der Waals surface area contributed by atoms with Gasteiger partial charge < -0.3 is 14.6 Å². The summed E-state index contributed by atoms with van der Waals surface area (Å²) in [5.41, 5.74) is 0. The Hall–Kier alpha value is -0.370. The maximum atomic E-state index is 12.4. The second kappa shape index (κ2) is 4.65. The van der Waals surface area contributed by atoms with Gasteiger partial charge in [-0.25, -0.2) is 0 Å². The van der Waals surface area contributed by atoms with Gasteiger partial charge in [-0.3, -0.25) is 4.74 Å². The second-order valence-electron chi connectivity index (χ2n) is 3.22. The van der Waals surface area contributed by atoms with Crippen molar-refractivity contribution in [1.29, 1.82) is 0 Å². The molecule has 0 spiro atoms. The average molecular weight is 232 g/mol. The molecule has 0 amide bonds. The highest BCUT2D eigenvalue weighted by Gasteiger charge is 2.60. The van der Waals surface area contributed by atoms with Gasteiger partial charge in [0, 0.05) is 13.7 Å². The van der Waals surface area contributed by atoms with Gasteiger partial charge in [-0.05, 0) is 20.8 Å². The summed E-state index contributed by atoms with van der Waals surface area (Å²) in [4.78, 5) is 0. The fraction of sp³-hybridized carbons (Fsp3) is 1.00. The molecule has 4 nitrogen and oxygen atoms in total. The molecule has 0 fully saturated rings. The SMILES string of the molecule is CCOC(O)(OC(C)(C)OC)C(F)(F)F. The minimum absolute atomic E-state index is 0.351. The monoisotopic (exact) mass is 232 g/mol. The van der Waals surface area contributed by atoms with E-state index in [0.29, 0.717) is 0 Å². The second-order valence-corrected chi connectivity index (χ2v) is 3.22. The normalized spacial score (nSPS) is 17.6. The van der Waals surface area contributed by atoms with Crippen LogP contribution in [0.5, 0.6) is 0 Å².